The maximum absolute atomic E-state index is 15.0. The first kappa shape index (κ1) is 81.0. The van der Waals surface area contributed by atoms with Crippen LogP contribution in [0.15, 0.2) is 24.3 Å². The summed E-state index contributed by atoms with van der Waals surface area (Å²) < 4.78 is 237. The molecule has 1 aliphatic heterocycles. The SMILES string of the molecule is CC(=O)OC[C@H]1O[C@@H](O[C@@H]([C@H](OC(C)=O)[C@@H](OC(C)=O)C(=O)N[C@@H](CCCCNC(=O)c2ccc(/C=[N+](\[O-])C(C)(C)C)cc2)C(=O)NCCC(F)(F)C(F)(F)C(F)(F)C(F)(F)C(F)(F)C(F)(F)F)[C@@H](COC(C)=O)OC(C)=O)[C@H](OC(C)=O)[C@@H](OC(C)=O)[C@H]1OC(C)=O. The van der Waals surface area contributed by atoms with Gasteiger partial charge in [0, 0.05) is 107 Å². The quantitative estimate of drug-likeness (QED) is 0.0127. The largest absolute Gasteiger partial charge is 0.623 e. The Balaban J connectivity index is 2.91. The van der Waals surface area contributed by atoms with Gasteiger partial charge in [0.15, 0.2) is 48.6 Å². The molecule has 0 radical (unpaired) electrons. The fraction of sp³-hybridized carbons (Fsp3) is 0.667. The molecule has 1 heterocycles. The van der Waals surface area contributed by atoms with Crippen molar-refractivity contribution < 1.29 is 162 Å². The first-order chi connectivity index (χ1) is 42.4. The molecule has 0 aromatic heterocycles. The van der Waals surface area contributed by atoms with E-state index in [4.69, 9.17) is 47.4 Å². The van der Waals surface area contributed by atoms with Crippen LogP contribution in [-0.4, -0.2) is 205 Å². The molecule has 26 nitrogen and oxygen atoms in total. The Morgan fingerprint density at radius 3 is 1.56 bits per heavy atom. The summed E-state index contributed by atoms with van der Waals surface area (Å²) in [5.41, 5.74) is -0.453. The smallest absolute Gasteiger partial charge is 0.460 e. The van der Waals surface area contributed by atoms with Gasteiger partial charge in [-0.15, -0.1) is 0 Å². The lowest BCUT2D eigenvalue weighted by molar-refractivity contribution is -0.530. The Hall–Kier alpha value is -8.13. The van der Waals surface area contributed by atoms with E-state index < -0.39 is 207 Å². The number of hydrogen-bond acceptors (Lipinski definition) is 22. The number of carbonyl (C=O) groups is 11. The standard InChI is InChI=1S/C54H67F13N4O22/c1-25(72)84-23-36(86-27(3)74)39(93-47-43(91-32(8)79)41(89-30(6)77)38(87-28(4)75)37(92-47)24-85-26(2)73)40(88-29(5)76)42(90-31(7)78)46(82)70-35(14-12-13-20-68-44(80)34-17-15-33(16-18-34)22-71(83)48(9,10)11)45(81)69-21-19-49(55,56)50(57,58)51(59,60)52(61,62)53(63,64)54(65,66)67/h15-18,22,35-43,47H,12-14,19-21,23-24H2,1-11H3,(H,68,80)(H,69,81)(H,70,82)/b71-22-/t35-,36+,37+,38-,39+,40-,41-,42+,43+,47-/m0/s1. The molecule has 0 bridgehead atoms. The number of esters is 8. The first-order valence-electron chi connectivity index (χ1n) is 27.3. The van der Waals surface area contributed by atoms with Crippen LogP contribution in [0.1, 0.15) is 118 Å². The number of nitrogens with one attached hydrogen (secondary N) is 3. The average molecular weight is 1370 g/mol. The topological polar surface area (TPSA) is 342 Å². The number of halogens is 13. The fourth-order valence-electron chi connectivity index (χ4n) is 8.15. The summed E-state index contributed by atoms with van der Waals surface area (Å²) >= 11 is 0. The fourth-order valence-corrected chi connectivity index (χ4v) is 8.15. The third kappa shape index (κ3) is 22.6. The molecule has 1 fully saturated rings. The highest BCUT2D eigenvalue weighted by molar-refractivity contribution is 5.95. The van der Waals surface area contributed by atoms with Crippen molar-refractivity contribution in [3.8, 4) is 0 Å². The second-order valence-corrected chi connectivity index (χ2v) is 21.3. The van der Waals surface area contributed by atoms with E-state index in [0.717, 1.165) is 34.6 Å². The molecule has 0 spiro atoms. The van der Waals surface area contributed by atoms with E-state index in [9.17, 15) is 115 Å². The second kappa shape index (κ2) is 33.1. The molecular weight excluding hydrogens is 1300 g/mol. The summed E-state index contributed by atoms with van der Waals surface area (Å²) in [6.07, 6.45) is -32.2. The minimum Gasteiger partial charge on any atom is -0.623 e. The van der Waals surface area contributed by atoms with Crippen molar-refractivity contribution in [1.29, 1.82) is 0 Å². The number of amides is 3. The van der Waals surface area contributed by atoms with Crippen LogP contribution in [0.3, 0.4) is 0 Å². The van der Waals surface area contributed by atoms with Crippen molar-refractivity contribution >= 4 is 71.7 Å². The first-order valence-corrected chi connectivity index (χ1v) is 27.3. The number of alkyl halides is 13. The lowest BCUT2D eigenvalue weighted by Gasteiger charge is -2.46. The van der Waals surface area contributed by atoms with Gasteiger partial charge in [0.2, 0.25) is 12.0 Å². The molecule has 2 rings (SSSR count). The zero-order chi connectivity index (χ0) is 71.7. The minimum atomic E-state index is -8.27. The van der Waals surface area contributed by atoms with Crippen molar-refractivity contribution in [2.24, 2.45) is 0 Å². The van der Waals surface area contributed by atoms with E-state index in [1.807, 2.05) is 5.32 Å². The third-order valence-electron chi connectivity index (χ3n) is 12.5. The van der Waals surface area contributed by atoms with Crippen molar-refractivity contribution in [3.05, 3.63) is 40.6 Å². The van der Waals surface area contributed by atoms with E-state index in [0.29, 0.717) is 31.1 Å². The van der Waals surface area contributed by atoms with E-state index in [-0.39, 0.29) is 18.5 Å². The molecule has 1 aromatic rings. The van der Waals surface area contributed by atoms with E-state index in [2.05, 4.69) is 5.32 Å². The maximum atomic E-state index is 15.0. The van der Waals surface area contributed by atoms with Crippen LogP contribution in [0.5, 0.6) is 0 Å². The summed E-state index contributed by atoms with van der Waals surface area (Å²) in [7, 11) is 0. The zero-order valence-corrected chi connectivity index (χ0v) is 51.2. The Kier molecular flexibility index (Phi) is 28.8. The normalized spacial score (nSPS) is 19.1. The summed E-state index contributed by atoms with van der Waals surface area (Å²) in [4.78, 5) is 143. The zero-order valence-electron chi connectivity index (χ0n) is 51.2. The highest BCUT2D eigenvalue weighted by Gasteiger charge is 2.90. The molecule has 0 aliphatic carbocycles. The number of unbranched alkanes of at least 4 members (excludes halogenated alkanes) is 1. The summed E-state index contributed by atoms with van der Waals surface area (Å²) in [6, 6.07) is 3.03. The predicted molar refractivity (Wildman–Crippen MR) is 282 cm³/mol. The molecule has 3 N–H and O–H groups in total. The van der Waals surface area contributed by atoms with Crippen LogP contribution in [0, 0.1) is 5.21 Å². The van der Waals surface area contributed by atoms with Crippen LogP contribution in [0.2, 0.25) is 0 Å². The summed E-state index contributed by atoms with van der Waals surface area (Å²) in [5, 5.41) is 18.2. The van der Waals surface area contributed by atoms with E-state index in [1.54, 1.807) is 20.8 Å². The minimum absolute atomic E-state index is 0.0156. The molecule has 0 saturated carbocycles. The molecule has 3 amide bonds. The van der Waals surface area contributed by atoms with Gasteiger partial charge in [0.1, 0.15) is 31.5 Å². The maximum Gasteiger partial charge on any atom is 0.460 e. The molecule has 1 aliphatic rings. The molecular formula is C54H67F13N4O22. The van der Waals surface area contributed by atoms with Gasteiger partial charge < -0.3 is 68.5 Å². The molecule has 0 unspecified atom stereocenters. The summed E-state index contributed by atoms with van der Waals surface area (Å²) in [6.45, 7) is 6.14. The lowest BCUT2D eigenvalue weighted by Crippen LogP contribution is -2.70. The molecule has 1 saturated heterocycles. The summed E-state index contributed by atoms with van der Waals surface area (Å²) in [5.74, 6) is -53.9. The monoisotopic (exact) mass is 1370 g/mol. The van der Waals surface area contributed by atoms with Crippen LogP contribution in [-0.2, 0) is 95.3 Å². The highest BCUT2D eigenvalue weighted by atomic mass is 19.4. The molecule has 39 heteroatoms. The third-order valence-corrected chi connectivity index (χ3v) is 12.5. The van der Waals surface area contributed by atoms with Crippen molar-refractivity contribution in [1.82, 2.24) is 16.0 Å². The molecule has 93 heavy (non-hydrogen) atoms. The van der Waals surface area contributed by atoms with Crippen molar-refractivity contribution in [3.63, 3.8) is 0 Å². The number of ether oxygens (including phenoxy) is 10. The Labute approximate surface area is 520 Å². The van der Waals surface area contributed by atoms with Crippen molar-refractivity contribution in [2.75, 3.05) is 26.3 Å². The van der Waals surface area contributed by atoms with Gasteiger partial charge in [-0.05, 0) is 43.5 Å². The van der Waals surface area contributed by atoms with E-state index >= 15 is 0 Å². The molecule has 526 valence electrons. The van der Waals surface area contributed by atoms with Crippen LogP contribution < -0.4 is 16.0 Å². The lowest BCUT2D eigenvalue weighted by atomic mass is 9.92. The number of hydroxylamine groups is 1. The van der Waals surface area contributed by atoms with Crippen molar-refractivity contribution in [2.45, 2.75) is 204 Å². The van der Waals surface area contributed by atoms with Crippen LogP contribution in [0.4, 0.5) is 57.1 Å². The van der Waals surface area contributed by atoms with Gasteiger partial charge in [-0.25, -0.2) is 4.74 Å². The number of benzene rings is 1. The van der Waals surface area contributed by atoms with E-state index in [1.165, 1.54) is 35.8 Å². The van der Waals surface area contributed by atoms with Crippen LogP contribution in [0.25, 0.3) is 0 Å². The highest BCUT2D eigenvalue weighted by Crippen LogP contribution is 2.60. The molecule has 1 aromatic carbocycles. The predicted octanol–water partition coefficient (Wildman–Crippen LogP) is 4.87. The average Bonchev–Trinajstić information content (AvgIpc) is 0.715. The van der Waals surface area contributed by atoms with Gasteiger partial charge in [0.25, 0.3) is 11.8 Å². The van der Waals surface area contributed by atoms with Gasteiger partial charge in [-0.2, -0.15) is 57.1 Å². The number of hydrogen-bond donors (Lipinski definition) is 3. The Morgan fingerprint density at radius 1 is 0.570 bits per heavy atom. The number of carbonyl (C=O) groups excluding carboxylic acids is 11. The van der Waals surface area contributed by atoms with Gasteiger partial charge in [-0.1, -0.05) is 0 Å². The number of rotatable bonds is 32. The Bertz CT molecular complexity index is 2870. The number of nitrogens with zero attached hydrogens (tertiary/aromatic N) is 1. The van der Waals surface area contributed by atoms with Crippen LogP contribution >= 0.6 is 0 Å². The molecule has 10 atom stereocenters. The van der Waals surface area contributed by atoms with Gasteiger partial charge >= 0.3 is 83.5 Å². The Morgan fingerprint density at radius 2 is 1.08 bits per heavy atom. The van der Waals surface area contributed by atoms with Gasteiger partial charge in [0.05, 0.1) is 0 Å². The second-order valence-electron chi connectivity index (χ2n) is 21.3. The van der Waals surface area contributed by atoms with Gasteiger partial charge in [-0.3, -0.25) is 52.7 Å².